The van der Waals surface area contributed by atoms with Crippen molar-refractivity contribution in [3.8, 4) is 17.2 Å². The van der Waals surface area contributed by atoms with Crippen molar-refractivity contribution in [3.63, 3.8) is 0 Å². The molecule has 1 heterocycles. The molecule has 1 aliphatic rings. The van der Waals surface area contributed by atoms with Crippen LogP contribution in [0, 0.1) is 0 Å². The molecule has 0 amide bonds. The molecule has 2 aromatic rings. The van der Waals surface area contributed by atoms with Crippen LogP contribution in [0.5, 0.6) is 17.2 Å². The standard InChI is InChI=1S/C17H14O4/c18-14-4-2-1-3-13(14)15(19)7-5-12-6-8-16-17(11-12)21-10-9-20-16/h1-8,11,18H,9-10H2/b7-5+. The Hall–Kier alpha value is -2.75. The largest absolute Gasteiger partial charge is 0.507 e. The van der Waals surface area contributed by atoms with Crippen molar-refractivity contribution >= 4 is 11.9 Å². The molecule has 106 valence electrons. The van der Waals surface area contributed by atoms with Gasteiger partial charge in [-0.15, -0.1) is 0 Å². The van der Waals surface area contributed by atoms with E-state index in [-0.39, 0.29) is 17.1 Å². The first kappa shape index (κ1) is 13.2. The Bertz CT molecular complexity index is 704. The third-order valence-corrected chi connectivity index (χ3v) is 3.16. The highest BCUT2D eigenvalue weighted by Crippen LogP contribution is 2.31. The van der Waals surface area contributed by atoms with Gasteiger partial charge in [0.25, 0.3) is 0 Å². The van der Waals surface area contributed by atoms with Crippen molar-refractivity contribution in [2.24, 2.45) is 0 Å². The average molecular weight is 282 g/mol. The molecule has 0 saturated carbocycles. The predicted octanol–water partition coefficient (Wildman–Crippen LogP) is 3.06. The third kappa shape index (κ3) is 2.89. The van der Waals surface area contributed by atoms with Crippen molar-refractivity contribution in [2.75, 3.05) is 13.2 Å². The number of rotatable bonds is 3. The summed E-state index contributed by atoms with van der Waals surface area (Å²) in [6, 6.07) is 12.0. The zero-order valence-corrected chi connectivity index (χ0v) is 11.3. The molecule has 21 heavy (non-hydrogen) atoms. The van der Waals surface area contributed by atoms with Crippen LogP contribution >= 0.6 is 0 Å². The summed E-state index contributed by atoms with van der Waals surface area (Å²) < 4.78 is 10.9. The number of phenols is 1. The van der Waals surface area contributed by atoms with Crippen molar-refractivity contribution < 1.29 is 19.4 Å². The van der Waals surface area contributed by atoms with Crippen LogP contribution in [-0.4, -0.2) is 24.1 Å². The molecular formula is C17H14O4. The van der Waals surface area contributed by atoms with Gasteiger partial charge in [-0.05, 0) is 35.9 Å². The summed E-state index contributed by atoms with van der Waals surface area (Å²) in [5.41, 5.74) is 1.12. The maximum atomic E-state index is 12.0. The molecule has 0 aliphatic carbocycles. The summed E-state index contributed by atoms with van der Waals surface area (Å²) in [6.45, 7) is 1.07. The molecule has 0 aromatic heterocycles. The minimum Gasteiger partial charge on any atom is -0.507 e. The van der Waals surface area contributed by atoms with E-state index in [2.05, 4.69) is 0 Å². The van der Waals surface area contributed by atoms with E-state index in [1.807, 2.05) is 18.2 Å². The van der Waals surface area contributed by atoms with E-state index < -0.39 is 0 Å². The quantitative estimate of drug-likeness (QED) is 0.694. The first-order valence-corrected chi connectivity index (χ1v) is 6.64. The molecule has 1 N–H and O–H groups in total. The van der Waals surface area contributed by atoms with Gasteiger partial charge in [-0.2, -0.15) is 0 Å². The molecular weight excluding hydrogens is 268 g/mol. The highest BCUT2D eigenvalue weighted by atomic mass is 16.6. The maximum absolute atomic E-state index is 12.0. The average Bonchev–Trinajstić information content (AvgIpc) is 2.53. The topological polar surface area (TPSA) is 55.8 Å². The van der Waals surface area contributed by atoms with Gasteiger partial charge in [0.15, 0.2) is 17.3 Å². The van der Waals surface area contributed by atoms with Gasteiger partial charge in [0.1, 0.15) is 19.0 Å². The Balaban J connectivity index is 1.80. The van der Waals surface area contributed by atoms with Crippen LogP contribution in [0.25, 0.3) is 6.08 Å². The fraction of sp³-hybridized carbons (Fsp3) is 0.118. The lowest BCUT2D eigenvalue weighted by atomic mass is 10.1. The van der Waals surface area contributed by atoms with E-state index in [0.717, 1.165) is 5.56 Å². The number of phenolic OH excluding ortho intramolecular Hbond substituents is 1. The normalized spacial score (nSPS) is 13.3. The highest BCUT2D eigenvalue weighted by molar-refractivity contribution is 6.08. The first-order valence-electron chi connectivity index (χ1n) is 6.64. The molecule has 1 aliphatic heterocycles. The van der Waals surface area contributed by atoms with Gasteiger partial charge in [-0.25, -0.2) is 0 Å². The van der Waals surface area contributed by atoms with Crippen LogP contribution in [0.15, 0.2) is 48.5 Å². The number of allylic oxidation sites excluding steroid dienone is 1. The van der Waals surface area contributed by atoms with E-state index >= 15 is 0 Å². The van der Waals surface area contributed by atoms with Gasteiger partial charge in [0.2, 0.25) is 0 Å². The Morgan fingerprint density at radius 1 is 1.05 bits per heavy atom. The number of para-hydroxylation sites is 1. The summed E-state index contributed by atoms with van der Waals surface area (Å²) in [7, 11) is 0. The van der Waals surface area contributed by atoms with E-state index in [1.165, 1.54) is 12.1 Å². The minimum atomic E-state index is -0.247. The van der Waals surface area contributed by atoms with E-state index in [1.54, 1.807) is 24.3 Å². The lowest BCUT2D eigenvalue weighted by Crippen LogP contribution is -2.15. The minimum absolute atomic E-state index is 0.0191. The Morgan fingerprint density at radius 3 is 2.62 bits per heavy atom. The predicted molar refractivity (Wildman–Crippen MR) is 78.9 cm³/mol. The molecule has 0 unspecified atom stereocenters. The monoisotopic (exact) mass is 282 g/mol. The second kappa shape index (κ2) is 5.71. The summed E-state index contributed by atoms with van der Waals surface area (Å²) >= 11 is 0. The van der Waals surface area contributed by atoms with Crippen molar-refractivity contribution in [2.45, 2.75) is 0 Å². The second-order valence-electron chi connectivity index (χ2n) is 4.62. The van der Waals surface area contributed by atoms with Gasteiger partial charge in [0, 0.05) is 0 Å². The number of hydrogen-bond acceptors (Lipinski definition) is 4. The fourth-order valence-corrected chi connectivity index (χ4v) is 2.11. The molecule has 4 nitrogen and oxygen atoms in total. The molecule has 0 spiro atoms. The molecule has 0 bridgehead atoms. The van der Waals surface area contributed by atoms with Crippen molar-refractivity contribution in [3.05, 3.63) is 59.7 Å². The van der Waals surface area contributed by atoms with Crippen LogP contribution in [0.1, 0.15) is 15.9 Å². The molecule has 0 fully saturated rings. The van der Waals surface area contributed by atoms with Gasteiger partial charge in [-0.3, -0.25) is 4.79 Å². The number of ether oxygens (including phenoxy) is 2. The van der Waals surface area contributed by atoms with E-state index in [4.69, 9.17) is 9.47 Å². The lowest BCUT2D eigenvalue weighted by Gasteiger charge is -2.18. The number of ketones is 1. The summed E-state index contributed by atoms with van der Waals surface area (Å²) in [6.07, 6.45) is 3.12. The number of benzene rings is 2. The Morgan fingerprint density at radius 2 is 1.81 bits per heavy atom. The van der Waals surface area contributed by atoms with Crippen LogP contribution in [0.3, 0.4) is 0 Å². The van der Waals surface area contributed by atoms with Crippen LogP contribution < -0.4 is 9.47 Å². The lowest BCUT2D eigenvalue weighted by molar-refractivity contribution is 0.104. The van der Waals surface area contributed by atoms with Crippen molar-refractivity contribution in [1.82, 2.24) is 0 Å². The van der Waals surface area contributed by atoms with Crippen molar-refractivity contribution in [1.29, 1.82) is 0 Å². The highest BCUT2D eigenvalue weighted by Gasteiger charge is 2.11. The molecule has 4 heteroatoms. The van der Waals surface area contributed by atoms with E-state index in [0.29, 0.717) is 24.7 Å². The van der Waals surface area contributed by atoms with Crippen LogP contribution in [0.4, 0.5) is 0 Å². The number of fused-ring (bicyclic) bond motifs is 1. The maximum Gasteiger partial charge on any atom is 0.189 e. The number of hydrogen-bond donors (Lipinski definition) is 1. The van der Waals surface area contributed by atoms with Gasteiger partial charge >= 0.3 is 0 Å². The summed E-state index contributed by atoms with van der Waals surface area (Å²) in [4.78, 5) is 12.0. The van der Waals surface area contributed by atoms with Crippen LogP contribution in [0.2, 0.25) is 0 Å². The molecule has 3 rings (SSSR count). The second-order valence-corrected chi connectivity index (χ2v) is 4.62. The fourth-order valence-electron chi connectivity index (χ4n) is 2.11. The summed E-state index contributed by atoms with van der Waals surface area (Å²) in [5, 5.41) is 9.64. The SMILES string of the molecule is O=C(/C=C/c1ccc2c(c1)OCCO2)c1ccccc1O. The van der Waals surface area contributed by atoms with E-state index in [9.17, 15) is 9.90 Å². The number of carbonyl (C=O) groups is 1. The van der Waals surface area contributed by atoms with Gasteiger partial charge in [0.05, 0.1) is 5.56 Å². The first-order chi connectivity index (χ1) is 10.2. The van der Waals surface area contributed by atoms with Crippen LogP contribution in [-0.2, 0) is 0 Å². The zero-order chi connectivity index (χ0) is 14.7. The number of carbonyl (C=O) groups excluding carboxylic acids is 1. The zero-order valence-electron chi connectivity index (χ0n) is 11.3. The number of aromatic hydroxyl groups is 1. The molecule has 2 aromatic carbocycles. The smallest absolute Gasteiger partial charge is 0.189 e. The molecule has 0 saturated heterocycles. The van der Waals surface area contributed by atoms with Gasteiger partial charge in [-0.1, -0.05) is 24.3 Å². The molecule has 0 radical (unpaired) electrons. The summed E-state index contributed by atoms with van der Waals surface area (Å²) in [5.74, 6) is 1.13. The third-order valence-electron chi connectivity index (χ3n) is 3.16. The van der Waals surface area contributed by atoms with Gasteiger partial charge < -0.3 is 14.6 Å². The Kier molecular flexibility index (Phi) is 3.60. The molecule has 0 atom stereocenters. The Labute approximate surface area is 122 Å².